The summed E-state index contributed by atoms with van der Waals surface area (Å²) in [6.45, 7) is 3.28. The fourth-order valence-corrected chi connectivity index (χ4v) is 2.86. The second-order valence-corrected chi connectivity index (χ2v) is 6.72. The van der Waals surface area contributed by atoms with E-state index in [9.17, 15) is 18.8 Å². The molecule has 2 rings (SSSR count). The van der Waals surface area contributed by atoms with E-state index in [4.69, 9.17) is 4.74 Å². The van der Waals surface area contributed by atoms with Gasteiger partial charge < -0.3 is 10.1 Å². The quantitative estimate of drug-likeness (QED) is 0.601. The Hall–Kier alpha value is -2.54. The molecule has 1 heterocycles. The van der Waals surface area contributed by atoms with Gasteiger partial charge in [-0.3, -0.25) is 14.4 Å². The van der Waals surface area contributed by atoms with Gasteiger partial charge in [0.25, 0.3) is 5.91 Å². The van der Waals surface area contributed by atoms with Crippen LogP contribution in [0.25, 0.3) is 0 Å². The minimum atomic E-state index is -1.09. The zero-order chi connectivity index (χ0) is 18.4. The number of halogens is 1. The van der Waals surface area contributed by atoms with E-state index in [1.807, 2.05) is 13.0 Å². The van der Waals surface area contributed by atoms with Crippen LogP contribution in [0.4, 0.5) is 10.1 Å². The van der Waals surface area contributed by atoms with Crippen LogP contribution in [0.3, 0.4) is 0 Å². The third kappa shape index (κ3) is 5.49. The van der Waals surface area contributed by atoms with Gasteiger partial charge in [-0.1, -0.05) is 12.1 Å². The lowest BCUT2D eigenvalue weighted by molar-refractivity contribution is -0.153. The van der Waals surface area contributed by atoms with Crippen molar-refractivity contribution in [1.29, 1.82) is 0 Å². The highest BCUT2D eigenvalue weighted by Crippen LogP contribution is 2.18. The third-order valence-corrected chi connectivity index (χ3v) is 4.42. The van der Waals surface area contributed by atoms with Gasteiger partial charge in [0.2, 0.25) is 0 Å². The number of para-hydroxylation sites is 1. The zero-order valence-electron chi connectivity index (χ0n) is 13.9. The van der Waals surface area contributed by atoms with Gasteiger partial charge in [0.1, 0.15) is 5.82 Å². The first-order valence-electron chi connectivity index (χ1n) is 7.71. The van der Waals surface area contributed by atoms with Crippen LogP contribution in [-0.2, 0) is 14.3 Å². The zero-order valence-corrected chi connectivity index (χ0v) is 14.7. The molecule has 25 heavy (non-hydrogen) atoms. The summed E-state index contributed by atoms with van der Waals surface area (Å²) >= 11 is 1.37. The van der Waals surface area contributed by atoms with Gasteiger partial charge in [-0.15, -0.1) is 11.3 Å². The first-order valence-corrected chi connectivity index (χ1v) is 8.53. The summed E-state index contributed by atoms with van der Waals surface area (Å²) in [6.07, 6.45) is -1.20. The maximum Gasteiger partial charge on any atom is 0.307 e. The predicted octanol–water partition coefficient (Wildman–Crippen LogP) is 3.73. The molecule has 7 heteroatoms. The maximum atomic E-state index is 13.5. The minimum Gasteiger partial charge on any atom is -0.453 e. The van der Waals surface area contributed by atoms with Gasteiger partial charge in [-0.25, -0.2) is 4.39 Å². The summed E-state index contributed by atoms with van der Waals surface area (Å²) in [5, 5.41) is 2.35. The molecule has 0 aliphatic carbocycles. The van der Waals surface area contributed by atoms with Crippen molar-refractivity contribution in [1.82, 2.24) is 0 Å². The highest BCUT2D eigenvalue weighted by molar-refractivity contribution is 7.14. The monoisotopic (exact) mass is 363 g/mol. The number of ketones is 1. The van der Waals surface area contributed by atoms with E-state index in [0.29, 0.717) is 4.88 Å². The Morgan fingerprint density at radius 3 is 2.52 bits per heavy atom. The predicted molar refractivity (Wildman–Crippen MR) is 93.2 cm³/mol. The summed E-state index contributed by atoms with van der Waals surface area (Å²) < 4.78 is 18.5. The fourth-order valence-electron chi connectivity index (χ4n) is 2.03. The second-order valence-electron chi connectivity index (χ2n) is 5.43. The van der Waals surface area contributed by atoms with Crippen LogP contribution in [0.15, 0.2) is 36.4 Å². The van der Waals surface area contributed by atoms with E-state index in [2.05, 4.69) is 5.32 Å². The van der Waals surface area contributed by atoms with Crippen LogP contribution >= 0.6 is 11.3 Å². The average Bonchev–Trinajstić information content (AvgIpc) is 3.01. The molecular formula is C18H18FNO4S. The van der Waals surface area contributed by atoms with Crippen molar-refractivity contribution >= 4 is 34.7 Å². The molecule has 0 aliphatic heterocycles. The number of thiophene rings is 1. The smallest absolute Gasteiger partial charge is 0.307 e. The number of hydrogen-bond donors (Lipinski definition) is 1. The fraction of sp³-hybridized carbons (Fsp3) is 0.278. The number of hydrogen-bond acceptors (Lipinski definition) is 5. The second kappa shape index (κ2) is 8.53. The Kier molecular flexibility index (Phi) is 6.41. The normalized spacial score (nSPS) is 11.6. The van der Waals surface area contributed by atoms with Gasteiger partial charge in [0, 0.05) is 11.3 Å². The molecule has 0 radical (unpaired) electrons. The van der Waals surface area contributed by atoms with E-state index in [1.165, 1.54) is 36.5 Å². The van der Waals surface area contributed by atoms with Gasteiger partial charge in [0.05, 0.1) is 17.0 Å². The van der Waals surface area contributed by atoms with Crippen molar-refractivity contribution in [3.63, 3.8) is 0 Å². The number of aryl methyl sites for hydroxylation is 1. The van der Waals surface area contributed by atoms with Crippen LogP contribution in [0.2, 0.25) is 0 Å². The molecule has 0 unspecified atom stereocenters. The lowest BCUT2D eigenvalue weighted by Crippen LogP contribution is -2.30. The van der Waals surface area contributed by atoms with Crippen LogP contribution in [-0.4, -0.2) is 23.8 Å². The maximum absolute atomic E-state index is 13.5. The largest absolute Gasteiger partial charge is 0.453 e. The van der Waals surface area contributed by atoms with Crippen molar-refractivity contribution in [2.45, 2.75) is 32.8 Å². The summed E-state index contributed by atoms with van der Waals surface area (Å²) in [5.41, 5.74) is 0.0126. The number of Topliss-reactive ketones (excluding diaryl/α,β-unsaturated/α-hetero) is 1. The number of carbonyl (C=O) groups excluding carboxylic acids is 3. The Balaban J connectivity index is 1.80. The average molecular weight is 363 g/mol. The molecule has 1 aromatic heterocycles. The van der Waals surface area contributed by atoms with Crippen molar-refractivity contribution in [2.24, 2.45) is 0 Å². The highest BCUT2D eigenvalue weighted by Gasteiger charge is 2.20. The SMILES string of the molecule is Cc1ccc(C(=O)CCC(=O)O[C@@H](C)C(=O)Nc2ccccc2F)s1. The number of rotatable bonds is 7. The van der Waals surface area contributed by atoms with Crippen molar-refractivity contribution in [3.05, 3.63) is 52.0 Å². The number of ether oxygens (including phenoxy) is 1. The number of carbonyl (C=O) groups is 3. The highest BCUT2D eigenvalue weighted by atomic mass is 32.1. The van der Waals surface area contributed by atoms with Gasteiger partial charge in [0.15, 0.2) is 11.9 Å². The van der Waals surface area contributed by atoms with Crippen LogP contribution in [0.1, 0.15) is 34.3 Å². The molecule has 1 amide bonds. The standard InChI is InChI=1S/C18H18FNO4S/c1-11-7-9-16(25-11)15(21)8-10-17(22)24-12(2)18(23)20-14-6-4-3-5-13(14)19/h3-7,9,12H,8,10H2,1-2H3,(H,20,23)/t12-/m0/s1. The number of benzene rings is 1. The van der Waals surface area contributed by atoms with Gasteiger partial charge >= 0.3 is 5.97 Å². The number of nitrogens with one attached hydrogen (secondary N) is 1. The van der Waals surface area contributed by atoms with E-state index in [-0.39, 0.29) is 24.3 Å². The van der Waals surface area contributed by atoms with Crippen molar-refractivity contribution < 1.29 is 23.5 Å². The number of esters is 1. The van der Waals surface area contributed by atoms with E-state index in [0.717, 1.165) is 4.88 Å². The lowest BCUT2D eigenvalue weighted by atomic mass is 10.2. The van der Waals surface area contributed by atoms with Crippen molar-refractivity contribution in [2.75, 3.05) is 5.32 Å². The topological polar surface area (TPSA) is 72.5 Å². The van der Waals surface area contributed by atoms with E-state index >= 15 is 0 Å². The summed E-state index contributed by atoms with van der Waals surface area (Å²) in [7, 11) is 0. The van der Waals surface area contributed by atoms with Gasteiger partial charge in [-0.05, 0) is 38.1 Å². The van der Waals surface area contributed by atoms with Crippen molar-refractivity contribution in [3.8, 4) is 0 Å². The van der Waals surface area contributed by atoms with Crippen LogP contribution in [0.5, 0.6) is 0 Å². The Bertz CT molecular complexity index is 787. The van der Waals surface area contributed by atoms with E-state index < -0.39 is 23.8 Å². The molecule has 0 spiro atoms. The number of amides is 1. The Morgan fingerprint density at radius 1 is 1.16 bits per heavy atom. The van der Waals surface area contributed by atoms with Gasteiger partial charge in [-0.2, -0.15) is 0 Å². The molecule has 0 saturated heterocycles. The van der Waals surface area contributed by atoms with Crippen LogP contribution < -0.4 is 5.32 Å². The summed E-state index contributed by atoms with van der Waals surface area (Å²) in [5.74, 6) is -2.01. The summed E-state index contributed by atoms with van der Waals surface area (Å²) in [6, 6.07) is 9.25. The summed E-state index contributed by atoms with van der Waals surface area (Å²) in [4.78, 5) is 37.3. The molecule has 0 fully saturated rings. The van der Waals surface area contributed by atoms with Crippen LogP contribution in [0, 0.1) is 12.7 Å². The minimum absolute atomic E-state index is 0.0126. The molecular weight excluding hydrogens is 345 g/mol. The molecule has 132 valence electrons. The first kappa shape index (κ1) is 18.8. The molecule has 0 bridgehead atoms. The molecule has 5 nitrogen and oxygen atoms in total. The first-order chi connectivity index (χ1) is 11.9. The Labute approximate surface area is 148 Å². The lowest BCUT2D eigenvalue weighted by Gasteiger charge is -2.13. The Morgan fingerprint density at radius 2 is 1.88 bits per heavy atom. The molecule has 1 N–H and O–H groups in total. The molecule has 2 aromatic rings. The molecule has 1 aromatic carbocycles. The molecule has 1 atom stereocenters. The van der Waals surface area contributed by atoms with E-state index in [1.54, 1.807) is 12.1 Å². The number of anilines is 1. The third-order valence-electron chi connectivity index (χ3n) is 3.38. The molecule has 0 aliphatic rings. The molecule has 0 saturated carbocycles.